The highest BCUT2D eigenvalue weighted by molar-refractivity contribution is 7.93. The molecule has 2 heterocycles. The third-order valence-corrected chi connectivity index (χ3v) is 8.53. The number of thiazole rings is 1. The minimum absolute atomic E-state index is 0. The molecule has 2 aromatic carbocycles. The summed E-state index contributed by atoms with van der Waals surface area (Å²) in [5.41, 5.74) is 2.03. The first-order chi connectivity index (χ1) is 16.8. The molecule has 0 saturated carbocycles. The molecule has 1 saturated heterocycles. The van der Waals surface area contributed by atoms with E-state index in [1.54, 1.807) is 65.9 Å². The number of anilines is 1. The van der Waals surface area contributed by atoms with E-state index in [1.807, 2.05) is 12.1 Å². The zero-order chi connectivity index (χ0) is 25.0. The molecule has 3 aromatic rings. The van der Waals surface area contributed by atoms with Crippen molar-refractivity contribution in [1.29, 1.82) is 5.41 Å². The van der Waals surface area contributed by atoms with Crippen LogP contribution < -0.4 is 4.72 Å². The van der Waals surface area contributed by atoms with Gasteiger partial charge in [-0.25, -0.2) is 13.4 Å². The first kappa shape index (κ1) is 27.5. The Hall–Kier alpha value is -3.05. The Morgan fingerprint density at radius 3 is 2.42 bits per heavy atom. The Morgan fingerprint density at radius 1 is 1.17 bits per heavy atom. The summed E-state index contributed by atoms with van der Waals surface area (Å²) >= 11 is 7.45. The number of aromatic nitrogens is 1. The van der Waals surface area contributed by atoms with Crippen molar-refractivity contribution in [3.8, 4) is 0 Å². The number of likely N-dealkylation sites (tertiary alicyclic amines) is 1. The highest BCUT2D eigenvalue weighted by Gasteiger charge is 2.28. The van der Waals surface area contributed by atoms with Crippen molar-refractivity contribution in [2.75, 3.05) is 17.8 Å². The number of amides is 1. The van der Waals surface area contributed by atoms with E-state index in [1.165, 1.54) is 11.3 Å². The van der Waals surface area contributed by atoms with Crippen LogP contribution in [0.15, 0.2) is 76.7 Å². The second kappa shape index (κ2) is 11.8. The number of hydrogen-bond donors (Lipinski definition) is 2. The lowest BCUT2D eigenvalue weighted by atomic mass is 9.89. The van der Waals surface area contributed by atoms with Crippen LogP contribution in [0.2, 0.25) is 5.02 Å². The van der Waals surface area contributed by atoms with Crippen LogP contribution in [0.1, 0.15) is 36.8 Å². The standard InChI is InChI=1S/C25H25ClN4O3S2.H2O/c1-2-20(23(27)21-5-3-4-6-22(21)26)24(31)30-14-11-18(12-15-30)17-7-9-19(10-8-17)35(32,33)29-25-28-13-16-34-25;/h2-10,13,16,18,27H,11-12,14-15H2,1H3,(H,28,29);1H2/b20-2-,27-23?;. The third kappa shape index (κ3) is 6.01. The van der Waals surface area contributed by atoms with Crippen LogP contribution in [0.25, 0.3) is 0 Å². The van der Waals surface area contributed by atoms with Gasteiger partial charge in [0.25, 0.3) is 15.9 Å². The van der Waals surface area contributed by atoms with E-state index in [-0.39, 0.29) is 27.9 Å². The van der Waals surface area contributed by atoms with E-state index in [2.05, 4.69) is 9.71 Å². The van der Waals surface area contributed by atoms with Gasteiger partial charge in [-0.05, 0) is 49.4 Å². The fraction of sp³-hybridized carbons (Fsp3) is 0.240. The molecule has 0 unspecified atom stereocenters. The normalized spacial score (nSPS) is 14.7. The molecule has 1 fully saturated rings. The number of rotatable bonds is 7. The fourth-order valence-corrected chi connectivity index (χ4v) is 6.16. The minimum Gasteiger partial charge on any atom is -0.412 e. The average molecular weight is 547 g/mol. The molecule has 11 heteroatoms. The molecule has 1 aliphatic rings. The van der Waals surface area contributed by atoms with Gasteiger partial charge in [0.05, 0.1) is 16.2 Å². The number of piperidine rings is 1. The maximum absolute atomic E-state index is 13.2. The maximum Gasteiger partial charge on any atom is 0.263 e. The predicted octanol–water partition coefficient (Wildman–Crippen LogP) is 4.49. The van der Waals surface area contributed by atoms with Crippen LogP contribution in [0, 0.1) is 5.41 Å². The van der Waals surface area contributed by atoms with Crippen molar-refractivity contribution < 1.29 is 18.7 Å². The lowest BCUT2D eigenvalue weighted by Gasteiger charge is -2.33. The van der Waals surface area contributed by atoms with E-state index >= 15 is 0 Å². The predicted molar refractivity (Wildman–Crippen MR) is 144 cm³/mol. The molecule has 1 aliphatic heterocycles. The third-order valence-electron chi connectivity index (χ3n) is 6.03. The number of nitrogens with zero attached hydrogens (tertiary/aromatic N) is 2. The minimum atomic E-state index is -3.69. The number of sulfonamides is 1. The number of nitrogens with one attached hydrogen (secondary N) is 2. The van der Waals surface area contributed by atoms with Gasteiger partial charge < -0.3 is 10.4 Å². The number of halogens is 1. The molecule has 0 aliphatic carbocycles. The Kier molecular flexibility index (Phi) is 9.02. The number of carbonyl (C=O) groups excluding carboxylic acids is 1. The monoisotopic (exact) mass is 546 g/mol. The first-order valence-corrected chi connectivity index (χ1v) is 13.9. The molecular formula is C25H27ClN4O4S2. The molecule has 36 heavy (non-hydrogen) atoms. The van der Waals surface area contributed by atoms with Gasteiger partial charge in [0.15, 0.2) is 5.13 Å². The summed E-state index contributed by atoms with van der Waals surface area (Å²) in [6, 6.07) is 13.9. The summed E-state index contributed by atoms with van der Waals surface area (Å²) in [5, 5.41) is 11.0. The zero-order valence-electron chi connectivity index (χ0n) is 19.6. The molecule has 8 nitrogen and oxygen atoms in total. The summed E-state index contributed by atoms with van der Waals surface area (Å²) in [6.07, 6.45) is 4.72. The van der Waals surface area contributed by atoms with Crippen molar-refractivity contribution in [2.24, 2.45) is 0 Å². The first-order valence-electron chi connectivity index (χ1n) is 11.1. The Bertz CT molecular complexity index is 1350. The summed E-state index contributed by atoms with van der Waals surface area (Å²) in [7, 11) is -3.69. The Labute approximate surface area is 219 Å². The second-order valence-corrected chi connectivity index (χ2v) is 11.1. The van der Waals surface area contributed by atoms with Gasteiger partial charge >= 0.3 is 0 Å². The van der Waals surface area contributed by atoms with E-state index in [4.69, 9.17) is 17.0 Å². The summed E-state index contributed by atoms with van der Waals surface area (Å²) in [6.45, 7) is 2.87. The molecule has 0 atom stereocenters. The van der Waals surface area contributed by atoms with Crippen LogP contribution in [-0.2, 0) is 14.8 Å². The summed E-state index contributed by atoms with van der Waals surface area (Å²) < 4.78 is 27.6. The number of carbonyl (C=O) groups is 1. The highest BCUT2D eigenvalue weighted by Crippen LogP contribution is 2.30. The average Bonchev–Trinajstić information content (AvgIpc) is 3.37. The van der Waals surface area contributed by atoms with Gasteiger partial charge in [-0.1, -0.05) is 48.0 Å². The van der Waals surface area contributed by atoms with Crippen LogP contribution in [-0.4, -0.2) is 48.5 Å². The second-order valence-electron chi connectivity index (χ2n) is 8.14. The number of allylic oxidation sites excluding steroid dienone is 1. The fourth-order valence-electron chi connectivity index (χ4n) is 4.14. The maximum atomic E-state index is 13.2. The van der Waals surface area contributed by atoms with Gasteiger partial charge in [-0.2, -0.15) is 0 Å². The topological polar surface area (TPSA) is 135 Å². The molecule has 4 rings (SSSR count). The molecule has 0 bridgehead atoms. The smallest absolute Gasteiger partial charge is 0.263 e. The molecular weight excluding hydrogens is 520 g/mol. The van der Waals surface area contributed by atoms with Gasteiger partial charge in [0, 0.05) is 35.3 Å². The largest absolute Gasteiger partial charge is 0.412 e. The van der Waals surface area contributed by atoms with E-state index < -0.39 is 10.0 Å². The van der Waals surface area contributed by atoms with Crippen LogP contribution in [0.4, 0.5) is 5.13 Å². The van der Waals surface area contributed by atoms with E-state index in [0.29, 0.717) is 34.4 Å². The van der Waals surface area contributed by atoms with Crippen molar-refractivity contribution in [2.45, 2.75) is 30.6 Å². The summed E-state index contributed by atoms with van der Waals surface area (Å²) in [4.78, 5) is 19.1. The van der Waals surface area contributed by atoms with Gasteiger partial charge in [0.1, 0.15) is 0 Å². The van der Waals surface area contributed by atoms with E-state index in [9.17, 15) is 13.2 Å². The highest BCUT2D eigenvalue weighted by atomic mass is 35.5. The number of benzene rings is 2. The lowest BCUT2D eigenvalue weighted by molar-refractivity contribution is -0.127. The van der Waals surface area contributed by atoms with Gasteiger partial charge in [-0.15, -0.1) is 11.3 Å². The van der Waals surface area contributed by atoms with Crippen molar-refractivity contribution >= 4 is 49.7 Å². The van der Waals surface area contributed by atoms with Crippen molar-refractivity contribution in [3.63, 3.8) is 0 Å². The molecule has 1 aromatic heterocycles. The van der Waals surface area contributed by atoms with E-state index in [0.717, 1.165) is 18.4 Å². The zero-order valence-corrected chi connectivity index (χ0v) is 22.0. The quantitative estimate of drug-likeness (QED) is 0.333. The molecule has 0 radical (unpaired) electrons. The molecule has 1 amide bonds. The SMILES string of the molecule is C/C=C(/C(=N)c1ccccc1Cl)C(=O)N1CCC(c2ccc(S(=O)(=O)Nc3nccs3)cc2)CC1.O. The molecule has 190 valence electrons. The van der Waals surface area contributed by atoms with Crippen LogP contribution >= 0.6 is 22.9 Å². The summed E-state index contributed by atoms with van der Waals surface area (Å²) in [5.74, 6) is 0.0466. The Morgan fingerprint density at radius 2 is 1.83 bits per heavy atom. The molecule has 0 spiro atoms. The number of hydrogen-bond acceptors (Lipinski definition) is 6. The lowest BCUT2D eigenvalue weighted by Crippen LogP contribution is -2.40. The van der Waals surface area contributed by atoms with Gasteiger partial charge in [0.2, 0.25) is 0 Å². The van der Waals surface area contributed by atoms with Gasteiger partial charge in [-0.3, -0.25) is 14.9 Å². The van der Waals surface area contributed by atoms with Crippen LogP contribution in [0.5, 0.6) is 0 Å². The Balaban J connectivity index is 0.00000361. The molecule has 4 N–H and O–H groups in total. The van der Waals surface area contributed by atoms with Crippen LogP contribution in [0.3, 0.4) is 0 Å². The van der Waals surface area contributed by atoms with Crippen molar-refractivity contribution in [3.05, 3.63) is 87.9 Å². The van der Waals surface area contributed by atoms with Crippen molar-refractivity contribution in [1.82, 2.24) is 9.88 Å².